The summed E-state index contributed by atoms with van der Waals surface area (Å²) in [5.41, 5.74) is -1.44. The number of hydrogen-bond acceptors (Lipinski definition) is 3. The average Bonchev–Trinajstić information content (AvgIpc) is 2.87. The third kappa shape index (κ3) is 6.63. The maximum atomic E-state index is 15.1. The molecular weight excluding hydrogens is 491 g/mol. The number of hydrogen-bond donors (Lipinski definition) is 0. The van der Waals surface area contributed by atoms with E-state index < -0.39 is 40.4 Å². The van der Waals surface area contributed by atoms with Gasteiger partial charge in [-0.2, -0.15) is 17.6 Å². The lowest BCUT2D eigenvalue weighted by molar-refractivity contribution is -0.256. The summed E-state index contributed by atoms with van der Waals surface area (Å²) in [7, 11) is 0. The molecule has 3 rings (SSSR count). The van der Waals surface area contributed by atoms with Crippen molar-refractivity contribution in [2.45, 2.75) is 83.0 Å². The Bertz CT molecular complexity index is 1130. The molecule has 1 aliphatic carbocycles. The molecule has 1 saturated carbocycles. The molecule has 1 aromatic heterocycles. The van der Waals surface area contributed by atoms with Gasteiger partial charge in [-0.1, -0.05) is 50.5 Å². The van der Waals surface area contributed by atoms with Crippen LogP contribution in [0, 0.1) is 17.7 Å². The number of unbranched alkanes of at least 4 members (excludes halogenated alkanes) is 4. The Morgan fingerprint density at radius 3 is 2.49 bits per heavy atom. The lowest BCUT2D eigenvalue weighted by Gasteiger charge is -2.36. The van der Waals surface area contributed by atoms with E-state index >= 15 is 17.6 Å². The van der Waals surface area contributed by atoms with Gasteiger partial charge in [-0.05, 0) is 68.4 Å². The van der Waals surface area contributed by atoms with E-state index in [-0.39, 0.29) is 36.5 Å². The zero-order valence-corrected chi connectivity index (χ0v) is 21.2. The molecule has 0 radical (unpaired) electrons. The molecule has 0 atom stereocenters. The number of alkyl halides is 4. The highest BCUT2D eigenvalue weighted by molar-refractivity contribution is 5.83. The van der Waals surface area contributed by atoms with Gasteiger partial charge >= 0.3 is 17.5 Å². The van der Waals surface area contributed by atoms with E-state index in [0.717, 1.165) is 32.1 Å². The van der Waals surface area contributed by atoms with E-state index in [1.165, 1.54) is 12.1 Å². The van der Waals surface area contributed by atoms with Gasteiger partial charge in [-0.3, -0.25) is 0 Å². The molecule has 0 aliphatic heterocycles. The fourth-order valence-corrected chi connectivity index (χ4v) is 4.80. The lowest BCUT2D eigenvalue weighted by atomic mass is 9.77. The predicted molar refractivity (Wildman–Crippen MR) is 135 cm³/mol. The van der Waals surface area contributed by atoms with Gasteiger partial charge in [-0.25, -0.2) is 9.18 Å². The lowest BCUT2D eigenvalue weighted by Crippen LogP contribution is -2.46. The molecule has 0 unspecified atom stereocenters. The molecular formula is C29H35F5O3. The Kier molecular flexibility index (Phi) is 9.96. The maximum Gasteiger partial charge on any atom is 0.366 e. The highest BCUT2D eigenvalue weighted by Gasteiger charge is 2.63. The Balaban J connectivity index is 1.76. The second kappa shape index (κ2) is 12.7. The minimum atomic E-state index is -4.73. The zero-order valence-electron chi connectivity index (χ0n) is 21.2. The molecule has 1 aromatic carbocycles. The Morgan fingerprint density at radius 2 is 1.81 bits per heavy atom. The van der Waals surface area contributed by atoms with Crippen molar-refractivity contribution in [2.24, 2.45) is 11.8 Å². The van der Waals surface area contributed by atoms with Gasteiger partial charge in [0.15, 0.2) is 17.3 Å². The van der Waals surface area contributed by atoms with Crippen LogP contribution in [0.15, 0.2) is 52.2 Å². The third-order valence-electron chi connectivity index (χ3n) is 7.05. The van der Waals surface area contributed by atoms with Crippen molar-refractivity contribution in [3.05, 3.63) is 65.0 Å². The molecule has 8 heteroatoms. The van der Waals surface area contributed by atoms with Crippen molar-refractivity contribution in [2.75, 3.05) is 6.61 Å². The van der Waals surface area contributed by atoms with Crippen LogP contribution in [0.5, 0.6) is 5.75 Å². The second-order valence-corrected chi connectivity index (χ2v) is 9.75. The van der Waals surface area contributed by atoms with Crippen LogP contribution in [0.1, 0.15) is 76.9 Å². The van der Waals surface area contributed by atoms with Crippen molar-refractivity contribution in [1.29, 1.82) is 0 Å². The largest absolute Gasteiger partial charge is 0.490 e. The van der Waals surface area contributed by atoms with Crippen LogP contribution in [0.25, 0.3) is 10.8 Å². The van der Waals surface area contributed by atoms with Gasteiger partial charge in [0.1, 0.15) is 5.39 Å². The summed E-state index contributed by atoms with van der Waals surface area (Å²) < 4.78 is 85.4. The average molecular weight is 527 g/mol. The first-order chi connectivity index (χ1) is 17.6. The van der Waals surface area contributed by atoms with Crippen LogP contribution < -0.4 is 10.4 Å². The van der Waals surface area contributed by atoms with Crippen molar-refractivity contribution in [3.63, 3.8) is 0 Å². The normalized spacial score (nSPS) is 19.0. The van der Waals surface area contributed by atoms with E-state index in [4.69, 9.17) is 4.74 Å². The number of rotatable bonds is 13. The SMILES string of the molecule is C=CCC/C=C/C1CCC(C(F)(F)C(F)(F)c2cc3ccc(OCCCCCC)c(F)c3c(=O)o2)CC1. The molecule has 3 nitrogen and oxygen atoms in total. The van der Waals surface area contributed by atoms with E-state index in [0.29, 0.717) is 25.3 Å². The molecule has 1 aliphatic rings. The predicted octanol–water partition coefficient (Wildman–Crippen LogP) is 8.95. The summed E-state index contributed by atoms with van der Waals surface area (Å²) in [4.78, 5) is 12.5. The van der Waals surface area contributed by atoms with E-state index in [9.17, 15) is 9.18 Å². The molecule has 2 aromatic rings. The van der Waals surface area contributed by atoms with E-state index in [1.54, 1.807) is 6.08 Å². The molecule has 0 amide bonds. The molecule has 0 bridgehead atoms. The van der Waals surface area contributed by atoms with Crippen LogP contribution in [0.2, 0.25) is 0 Å². The van der Waals surface area contributed by atoms with E-state index in [1.807, 2.05) is 19.1 Å². The first-order valence-corrected chi connectivity index (χ1v) is 13.1. The first-order valence-electron chi connectivity index (χ1n) is 13.1. The van der Waals surface area contributed by atoms with Gasteiger partial charge in [0.05, 0.1) is 6.61 Å². The second-order valence-electron chi connectivity index (χ2n) is 9.75. The summed E-state index contributed by atoms with van der Waals surface area (Å²) in [6.07, 6.45) is 11.5. The van der Waals surface area contributed by atoms with Crippen molar-refractivity contribution in [1.82, 2.24) is 0 Å². The number of allylic oxidation sites excluding steroid dienone is 3. The molecule has 0 N–H and O–H groups in total. The van der Waals surface area contributed by atoms with Gasteiger partial charge in [0, 0.05) is 5.92 Å². The van der Waals surface area contributed by atoms with Crippen LogP contribution in [0.4, 0.5) is 22.0 Å². The Hall–Kier alpha value is -2.64. The smallest absolute Gasteiger partial charge is 0.366 e. The minimum Gasteiger partial charge on any atom is -0.490 e. The summed E-state index contributed by atoms with van der Waals surface area (Å²) >= 11 is 0. The van der Waals surface area contributed by atoms with Crippen LogP contribution in [-0.4, -0.2) is 12.5 Å². The van der Waals surface area contributed by atoms with Gasteiger partial charge in [-0.15, -0.1) is 6.58 Å². The summed E-state index contributed by atoms with van der Waals surface area (Å²) in [6.45, 7) is 5.91. The minimum absolute atomic E-state index is 0.0649. The van der Waals surface area contributed by atoms with E-state index in [2.05, 4.69) is 11.0 Å². The molecule has 1 fully saturated rings. The first kappa shape index (κ1) is 28.9. The fraction of sp³-hybridized carbons (Fsp3) is 0.552. The fourth-order valence-electron chi connectivity index (χ4n) is 4.80. The van der Waals surface area contributed by atoms with Crippen molar-refractivity contribution >= 4 is 10.8 Å². The van der Waals surface area contributed by atoms with Crippen molar-refractivity contribution in [3.8, 4) is 5.75 Å². The maximum absolute atomic E-state index is 15.1. The third-order valence-corrected chi connectivity index (χ3v) is 7.05. The van der Waals surface area contributed by atoms with Crippen LogP contribution >= 0.6 is 0 Å². The monoisotopic (exact) mass is 526 g/mol. The van der Waals surface area contributed by atoms with Crippen LogP contribution in [-0.2, 0) is 5.92 Å². The molecule has 0 saturated heterocycles. The summed E-state index contributed by atoms with van der Waals surface area (Å²) in [5.74, 6) is -13.4. The molecule has 204 valence electrons. The molecule has 1 heterocycles. The number of benzene rings is 1. The quantitative estimate of drug-likeness (QED) is 0.149. The number of ether oxygens (including phenoxy) is 1. The Morgan fingerprint density at radius 1 is 1.08 bits per heavy atom. The Labute approximate surface area is 214 Å². The highest BCUT2D eigenvalue weighted by Crippen LogP contribution is 2.52. The topological polar surface area (TPSA) is 39.4 Å². The highest BCUT2D eigenvalue weighted by atomic mass is 19.3. The zero-order chi connectivity index (χ0) is 27.1. The molecule has 37 heavy (non-hydrogen) atoms. The standard InChI is InChI=1S/C29H35F5O3/c1-3-5-7-9-11-20-12-15-22(16-13-20)28(31,32)29(33,34)24-19-21-14-17-23(36-18-10-8-6-4-2)26(30)25(21)27(35)37-24/h3,9,11,14,17,19-20,22H,1,4-8,10,12-13,15-16,18H2,2H3/b11-9+. The molecule has 0 spiro atoms. The van der Waals surface area contributed by atoms with Gasteiger partial charge in [0.2, 0.25) is 0 Å². The van der Waals surface area contributed by atoms with Crippen LogP contribution in [0.3, 0.4) is 0 Å². The summed E-state index contributed by atoms with van der Waals surface area (Å²) in [6, 6.07) is 3.05. The van der Waals surface area contributed by atoms with Gasteiger partial charge in [0.25, 0.3) is 0 Å². The van der Waals surface area contributed by atoms with Crippen molar-refractivity contribution < 1.29 is 31.1 Å². The van der Waals surface area contributed by atoms with Gasteiger partial charge < -0.3 is 9.15 Å². The number of fused-ring (bicyclic) bond motifs is 1. The summed E-state index contributed by atoms with van der Waals surface area (Å²) in [5, 5.41) is -0.844. The number of halogens is 5.